The molecule has 0 unspecified atom stereocenters. The normalized spacial score (nSPS) is 12.6. The zero-order valence-electron chi connectivity index (χ0n) is 12.5. The van der Waals surface area contributed by atoms with Crippen LogP contribution in [0.2, 0.25) is 0 Å². The molecule has 0 aliphatic carbocycles. The molecule has 2 aromatic rings. The monoisotopic (exact) mass is 264 g/mol. The van der Waals surface area contributed by atoms with Crippen LogP contribution >= 0.6 is 0 Å². The van der Waals surface area contributed by atoms with Crippen LogP contribution in [-0.2, 0) is 0 Å². The first kappa shape index (κ1) is 14.2. The number of hydrogen-bond donors (Lipinski definition) is 0. The highest BCUT2D eigenvalue weighted by Crippen LogP contribution is 2.07. The third kappa shape index (κ3) is 3.64. The van der Waals surface area contributed by atoms with E-state index in [0.717, 1.165) is 22.6 Å². The Morgan fingerprint density at radius 2 is 0.900 bits per heavy atom. The molecule has 0 amide bonds. The lowest BCUT2D eigenvalue weighted by molar-refractivity contribution is 1.21. The first-order chi connectivity index (χ1) is 9.56. The number of aryl methyl sites for hydroxylation is 2. The van der Waals surface area contributed by atoms with Crippen molar-refractivity contribution in [3.8, 4) is 0 Å². The lowest BCUT2D eigenvalue weighted by Gasteiger charge is -2.01. The van der Waals surface area contributed by atoms with Gasteiger partial charge in [0.15, 0.2) is 0 Å². The summed E-state index contributed by atoms with van der Waals surface area (Å²) in [6.07, 6.45) is 0. The van der Waals surface area contributed by atoms with E-state index in [1.165, 1.54) is 11.1 Å². The van der Waals surface area contributed by atoms with Crippen LogP contribution in [0.5, 0.6) is 0 Å². The fourth-order valence-electron chi connectivity index (χ4n) is 1.85. The van der Waals surface area contributed by atoms with Crippen LogP contribution in [0, 0.1) is 13.8 Å². The summed E-state index contributed by atoms with van der Waals surface area (Å²) in [6, 6.07) is 16.6. The molecule has 0 heterocycles. The SMILES string of the molecule is C/C(=N/N=C(\C)c1ccc(C)cc1)c1ccc(C)cc1. The van der Waals surface area contributed by atoms with Gasteiger partial charge in [0.2, 0.25) is 0 Å². The van der Waals surface area contributed by atoms with Crippen LogP contribution in [0.1, 0.15) is 36.1 Å². The largest absolute Gasteiger partial charge is 0.155 e. The summed E-state index contributed by atoms with van der Waals surface area (Å²) in [4.78, 5) is 0. The molecule has 0 atom stereocenters. The molecule has 102 valence electrons. The third-order valence-electron chi connectivity index (χ3n) is 3.29. The molecule has 0 radical (unpaired) electrons. The van der Waals surface area contributed by atoms with Gasteiger partial charge in [0.25, 0.3) is 0 Å². The topological polar surface area (TPSA) is 24.7 Å². The molecule has 0 saturated heterocycles. The summed E-state index contributed by atoms with van der Waals surface area (Å²) >= 11 is 0. The highest BCUT2D eigenvalue weighted by atomic mass is 15.2. The van der Waals surface area contributed by atoms with Gasteiger partial charge in [-0.2, -0.15) is 10.2 Å². The van der Waals surface area contributed by atoms with Crippen LogP contribution in [0.4, 0.5) is 0 Å². The maximum atomic E-state index is 4.33. The van der Waals surface area contributed by atoms with Gasteiger partial charge in [0.1, 0.15) is 0 Å². The van der Waals surface area contributed by atoms with Crippen molar-refractivity contribution in [1.82, 2.24) is 0 Å². The van der Waals surface area contributed by atoms with Crippen LogP contribution in [-0.4, -0.2) is 11.4 Å². The molecule has 0 saturated carbocycles. The lowest BCUT2D eigenvalue weighted by atomic mass is 10.1. The average molecular weight is 264 g/mol. The molecule has 2 nitrogen and oxygen atoms in total. The van der Waals surface area contributed by atoms with Crippen molar-refractivity contribution in [3.63, 3.8) is 0 Å². The molecule has 0 fully saturated rings. The van der Waals surface area contributed by atoms with Crippen molar-refractivity contribution in [3.05, 3.63) is 70.8 Å². The molecular formula is C18H20N2. The van der Waals surface area contributed by atoms with E-state index in [2.05, 4.69) is 72.6 Å². The Balaban J connectivity index is 2.19. The predicted molar refractivity (Wildman–Crippen MR) is 86.8 cm³/mol. The summed E-state index contributed by atoms with van der Waals surface area (Å²) in [5, 5.41) is 8.65. The second-order valence-electron chi connectivity index (χ2n) is 5.10. The Hall–Kier alpha value is -2.22. The first-order valence-corrected chi connectivity index (χ1v) is 6.79. The van der Waals surface area contributed by atoms with Crippen molar-refractivity contribution in [1.29, 1.82) is 0 Å². The Kier molecular flexibility index (Phi) is 4.46. The quantitative estimate of drug-likeness (QED) is 0.574. The van der Waals surface area contributed by atoms with Crippen molar-refractivity contribution < 1.29 is 0 Å². The molecule has 0 N–H and O–H groups in total. The standard InChI is InChI=1S/C18H20N2/c1-13-5-9-17(10-6-13)15(3)19-20-16(4)18-11-7-14(2)8-12-18/h5-12H,1-4H3/b19-15-,20-16+. The Labute approximate surface area is 120 Å². The Morgan fingerprint density at radius 1 is 0.600 bits per heavy atom. The van der Waals surface area contributed by atoms with Gasteiger partial charge in [0.05, 0.1) is 11.4 Å². The summed E-state index contributed by atoms with van der Waals surface area (Å²) in [5.74, 6) is 0. The van der Waals surface area contributed by atoms with E-state index >= 15 is 0 Å². The fraction of sp³-hybridized carbons (Fsp3) is 0.222. The summed E-state index contributed by atoms with van der Waals surface area (Å²) in [5.41, 5.74) is 6.57. The van der Waals surface area contributed by atoms with E-state index < -0.39 is 0 Å². The number of nitrogens with zero attached hydrogens (tertiary/aromatic N) is 2. The van der Waals surface area contributed by atoms with E-state index in [1.54, 1.807) is 0 Å². The van der Waals surface area contributed by atoms with Gasteiger partial charge in [-0.25, -0.2) is 0 Å². The zero-order valence-corrected chi connectivity index (χ0v) is 12.5. The first-order valence-electron chi connectivity index (χ1n) is 6.79. The maximum Gasteiger partial charge on any atom is 0.0671 e. The van der Waals surface area contributed by atoms with Gasteiger partial charge < -0.3 is 0 Å². The van der Waals surface area contributed by atoms with E-state index in [9.17, 15) is 0 Å². The average Bonchev–Trinajstić information content (AvgIpc) is 2.46. The summed E-state index contributed by atoms with van der Waals surface area (Å²) in [6.45, 7) is 8.12. The third-order valence-corrected chi connectivity index (χ3v) is 3.29. The molecule has 0 aliphatic heterocycles. The van der Waals surface area contributed by atoms with Crippen molar-refractivity contribution in [2.45, 2.75) is 27.7 Å². The van der Waals surface area contributed by atoms with E-state index in [0.29, 0.717) is 0 Å². The number of rotatable bonds is 3. The second kappa shape index (κ2) is 6.29. The van der Waals surface area contributed by atoms with Crippen LogP contribution in [0.3, 0.4) is 0 Å². The van der Waals surface area contributed by atoms with Crippen LogP contribution in [0.15, 0.2) is 58.7 Å². The molecule has 0 aliphatic rings. The van der Waals surface area contributed by atoms with E-state index in [-0.39, 0.29) is 0 Å². The lowest BCUT2D eigenvalue weighted by Crippen LogP contribution is -1.97. The summed E-state index contributed by atoms with van der Waals surface area (Å²) in [7, 11) is 0. The van der Waals surface area contributed by atoms with Crippen LogP contribution < -0.4 is 0 Å². The summed E-state index contributed by atoms with van der Waals surface area (Å²) < 4.78 is 0. The Morgan fingerprint density at radius 3 is 1.20 bits per heavy atom. The van der Waals surface area contributed by atoms with E-state index in [1.807, 2.05) is 13.8 Å². The minimum absolute atomic E-state index is 0.927. The molecule has 2 rings (SSSR count). The van der Waals surface area contributed by atoms with E-state index in [4.69, 9.17) is 0 Å². The number of benzene rings is 2. The van der Waals surface area contributed by atoms with Gasteiger partial charge in [0, 0.05) is 0 Å². The van der Waals surface area contributed by atoms with Gasteiger partial charge in [-0.1, -0.05) is 59.7 Å². The molecule has 0 aromatic heterocycles. The second-order valence-corrected chi connectivity index (χ2v) is 5.10. The minimum atomic E-state index is 0.927. The molecule has 2 heteroatoms. The van der Waals surface area contributed by atoms with Gasteiger partial charge in [-0.3, -0.25) is 0 Å². The highest BCUT2D eigenvalue weighted by molar-refractivity contribution is 6.01. The molecule has 0 spiro atoms. The Bertz CT molecular complexity index is 573. The van der Waals surface area contributed by atoms with Crippen LogP contribution in [0.25, 0.3) is 0 Å². The van der Waals surface area contributed by atoms with Gasteiger partial charge in [-0.05, 0) is 38.8 Å². The fourth-order valence-corrected chi connectivity index (χ4v) is 1.85. The molecular weight excluding hydrogens is 244 g/mol. The molecule has 20 heavy (non-hydrogen) atoms. The minimum Gasteiger partial charge on any atom is -0.155 e. The predicted octanol–water partition coefficient (Wildman–Crippen LogP) is 4.54. The van der Waals surface area contributed by atoms with Gasteiger partial charge >= 0.3 is 0 Å². The van der Waals surface area contributed by atoms with Crippen molar-refractivity contribution >= 4 is 11.4 Å². The molecule has 2 aromatic carbocycles. The zero-order chi connectivity index (χ0) is 14.5. The smallest absolute Gasteiger partial charge is 0.0671 e. The number of hydrogen-bond acceptors (Lipinski definition) is 2. The molecule has 0 bridgehead atoms. The maximum absolute atomic E-state index is 4.33. The van der Waals surface area contributed by atoms with Crippen molar-refractivity contribution in [2.24, 2.45) is 10.2 Å². The van der Waals surface area contributed by atoms with Crippen molar-refractivity contribution in [2.75, 3.05) is 0 Å². The highest BCUT2D eigenvalue weighted by Gasteiger charge is 1.98. The van der Waals surface area contributed by atoms with Gasteiger partial charge in [-0.15, -0.1) is 0 Å².